The summed E-state index contributed by atoms with van der Waals surface area (Å²) in [6.45, 7) is 9.02. The van der Waals surface area contributed by atoms with Crippen LogP contribution in [0.2, 0.25) is 0 Å². The van der Waals surface area contributed by atoms with Crippen LogP contribution >= 0.6 is 0 Å². The second kappa shape index (κ2) is 4.63. The van der Waals surface area contributed by atoms with Crippen LogP contribution in [0.15, 0.2) is 35.5 Å². The summed E-state index contributed by atoms with van der Waals surface area (Å²) < 4.78 is 0. The lowest BCUT2D eigenvalue weighted by Gasteiger charge is -2.16. The predicted octanol–water partition coefficient (Wildman–Crippen LogP) is 4.65. The van der Waals surface area contributed by atoms with Crippen molar-refractivity contribution in [1.29, 1.82) is 0 Å². The molecule has 0 atom stereocenters. The van der Waals surface area contributed by atoms with E-state index in [-0.39, 0.29) is 5.41 Å². The Balaban J connectivity index is 2.96. The molecule has 0 fully saturated rings. The molecule has 0 heterocycles. The summed E-state index contributed by atoms with van der Waals surface area (Å²) in [4.78, 5) is 0. The second-order valence-corrected chi connectivity index (χ2v) is 4.65. The van der Waals surface area contributed by atoms with E-state index < -0.39 is 0 Å². The molecule has 0 aromatic rings. The first-order valence-electron chi connectivity index (χ1n) is 5.69. The zero-order chi connectivity index (χ0) is 10.6. The molecular weight excluding hydrogens is 168 g/mol. The standard InChI is InChI=1S/C14H22/c1-5-8-13-9-7-10-14(3,4)11-12(13)6-2/h7,9-11H,5-6,8H2,1-4H3. The van der Waals surface area contributed by atoms with Crippen molar-refractivity contribution in [2.75, 3.05) is 0 Å². The molecule has 0 N–H and O–H groups in total. The Hall–Kier alpha value is -0.780. The average Bonchev–Trinajstić information content (AvgIpc) is 2.25. The maximum absolute atomic E-state index is 2.41. The molecule has 14 heavy (non-hydrogen) atoms. The summed E-state index contributed by atoms with van der Waals surface area (Å²) in [6, 6.07) is 0. The lowest BCUT2D eigenvalue weighted by atomic mass is 9.88. The molecule has 78 valence electrons. The van der Waals surface area contributed by atoms with E-state index >= 15 is 0 Å². The van der Waals surface area contributed by atoms with E-state index in [0.29, 0.717) is 0 Å². The molecule has 0 unspecified atom stereocenters. The fourth-order valence-corrected chi connectivity index (χ4v) is 1.95. The molecule has 1 rings (SSSR count). The minimum absolute atomic E-state index is 0.220. The average molecular weight is 190 g/mol. The monoisotopic (exact) mass is 190 g/mol. The van der Waals surface area contributed by atoms with Crippen LogP contribution in [-0.2, 0) is 0 Å². The van der Waals surface area contributed by atoms with Crippen LogP contribution in [0.4, 0.5) is 0 Å². The third-order valence-electron chi connectivity index (χ3n) is 2.68. The minimum Gasteiger partial charge on any atom is -0.0751 e. The van der Waals surface area contributed by atoms with E-state index in [1.54, 1.807) is 0 Å². The third-order valence-corrected chi connectivity index (χ3v) is 2.68. The van der Waals surface area contributed by atoms with Gasteiger partial charge in [-0.2, -0.15) is 0 Å². The van der Waals surface area contributed by atoms with Gasteiger partial charge in [-0.05, 0) is 24.0 Å². The van der Waals surface area contributed by atoms with E-state index in [9.17, 15) is 0 Å². The van der Waals surface area contributed by atoms with Crippen LogP contribution in [0.3, 0.4) is 0 Å². The topological polar surface area (TPSA) is 0 Å². The van der Waals surface area contributed by atoms with Gasteiger partial charge in [0.2, 0.25) is 0 Å². The highest BCUT2D eigenvalue weighted by Crippen LogP contribution is 2.30. The van der Waals surface area contributed by atoms with Gasteiger partial charge < -0.3 is 0 Å². The molecule has 0 saturated carbocycles. The first kappa shape index (κ1) is 11.3. The Kier molecular flexibility index (Phi) is 3.74. The first-order valence-corrected chi connectivity index (χ1v) is 5.69. The highest BCUT2D eigenvalue weighted by molar-refractivity contribution is 5.38. The largest absolute Gasteiger partial charge is 0.0751 e. The van der Waals surface area contributed by atoms with Crippen LogP contribution in [0.5, 0.6) is 0 Å². The SMILES string of the molecule is CCCC1=CC=CC(C)(C)C=C1CC. The van der Waals surface area contributed by atoms with Gasteiger partial charge in [-0.1, -0.05) is 58.4 Å². The number of rotatable bonds is 3. The smallest absolute Gasteiger partial charge is 0.00134 e. The first-order chi connectivity index (χ1) is 6.59. The summed E-state index contributed by atoms with van der Waals surface area (Å²) >= 11 is 0. The molecule has 1 aliphatic rings. The van der Waals surface area contributed by atoms with Crippen LogP contribution in [0.1, 0.15) is 47.0 Å². The van der Waals surface area contributed by atoms with E-state index in [4.69, 9.17) is 0 Å². The van der Waals surface area contributed by atoms with Gasteiger partial charge in [-0.3, -0.25) is 0 Å². The predicted molar refractivity (Wildman–Crippen MR) is 64.3 cm³/mol. The van der Waals surface area contributed by atoms with Crippen molar-refractivity contribution in [3.05, 3.63) is 35.5 Å². The van der Waals surface area contributed by atoms with Crippen molar-refractivity contribution in [1.82, 2.24) is 0 Å². The van der Waals surface area contributed by atoms with Gasteiger partial charge >= 0.3 is 0 Å². The summed E-state index contributed by atoms with van der Waals surface area (Å²) in [6.07, 6.45) is 12.8. The molecule has 0 bridgehead atoms. The lowest BCUT2D eigenvalue weighted by molar-refractivity contribution is 0.620. The van der Waals surface area contributed by atoms with Crippen molar-refractivity contribution in [2.45, 2.75) is 47.0 Å². The van der Waals surface area contributed by atoms with Crippen molar-refractivity contribution in [2.24, 2.45) is 5.41 Å². The molecular formula is C14H22. The Morgan fingerprint density at radius 3 is 2.43 bits per heavy atom. The fraction of sp³-hybridized carbons (Fsp3) is 0.571. The van der Waals surface area contributed by atoms with E-state index in [1.807, 2.05) is 0 Å². The molecule has 0 radical (unpaired) electrons. The molecule has 0 aromatic heterocycles. The summed E-state index contributed by atoms with van der Waals surface area (Å²) in [5.74, 6) is 0. The van der Waals surface area contributed by atoms with Gasteiger partial charge in [-0.25, -0.2) is 0 Å². The Morgan fingerprint density at radius 2 is 1.86 bits per heavy atom. The van der Waals surface area contributed by atoms with Gasteiger partial charge in [0.05, 0.1) is 0 Å². The van der Waals surface area contributed by atoms with Gasteiger partial charge in [0.15, 0.2) is 0 Å². The van der Waals surface area contributed by atoms with E-state index in [0.717, 1.165) is 6.42 Å². The van der Waals surface area contributed by atoms with Crippen molar-refractivity contribution in [3.63, 3.8) is 0 Å². The summed E-state index contributed by atoms with van der Waals surface area (Å²) in [7, 11) is 0. The molecule has 0 aliphatic heterocycles. The van der Waals surface area contributed by atoms with Gasteiger partial charge in [0.1, 0.15) is 0 Å². The zero-order valence-electron chi connectivity index (χ0n) is 9.93. The molecule has 0 nitrogen and oxygen atoms in total. The van der Waals surface area contributed by atoms with Crippen LogP contribution in [0, 0.1) is 5.41 Å². The van der Waals surface area contributed by atoms with Crippen molar-refractivity contribution < 1.29 is 0 Å². The molecule has 0 amide bonds. The van der Waals surface area contributed by atoms with Gasteiger partial charge in [0.25, 0.3) is 0 Å². The highest BCUT2D eigenvalue weighted by atomic mass is 14.2. The van der Waals surface area contributed by atoms with E-state index in [2.05, 4.69) is 52.0 Å². The van der Waals surface area contributed by atoms with Crippen molar-refractivity contribution >= 4 is 0 Å². The summed E-state index contributed by atoms with van der Waals surface area (Å²) in [5.41, 5.74) is 3.27. The van der Waals surface area contributed by atoms with Gasteiger partial charge in [0, 0.05) is 5.41 Å². The summed E-state index contributed by atoms with van der Waals surface area (Å²) in [5, 5.41) is 0. The molecule has 0 heteroatoms. The quantitative estimate of drug-likeness (QED) is 0.608. The maximum atomic E-state index is 2.41. The van der Waals surface area contributed by atoms with Crippen LogP contribution in [0.25, 0.3) is 0 Å². The zero-order valence-corrected chi connectivity index (χ0v) is 9.93. The normalized spacial score (nSPS) is 20.0. The second-order valence-electron chi connectivity index (χ2n) is 4.65. The number of allylic oxidation sites excluding steroid dienone is 6. The molecule has 0 aromatic carbocycles. The molecule has 0 saturated heterocycles. The Labute approximate surface area is 88.4 Å². The van der Waals surface area contributed by atoms with Crippen LogP contribution in [-0.4, -0.2) is 0 Å². The maximum Gasteiger partial charge on any atom is 0.00134 e. The van der Waals surface area contributed by atoms with E-state index in [1.165, 1.54) is 24.0 Å². The minimum atomic E-state index is 0.220. The Bertz CT molecular complexity index is 274. The van der Waals surface area contributed by atoms with Crippen LogP contribution < -0.4 is 0 Å². The molecule has 1 aliphatic carbocycles. The number of hydrogen-bond donors (Lipinski definition) is 0. The Morgan fingerprint density at radius 1 is 1.14 bits per heavy atom. The third kappa shape index (κ3) is 2.87. The highest BCUT2D eigenvalue weighted by Gasteiger charge is 2.14. The lowest BCUT2D eigenvalue weighted by Crippen LogP contribution is -2.03. The van der Waals surface area contributed by atoms with Gasteiger partial charge in [-0.15, -0.1) is 0 Å². The van der Waals surface area contributed by atoms with Crippen molar-refractivity contribution in [3.8, 4) is 0 Å². The fourth-order valence-electron chi connectivity index (χ4n) is 1.95. The number of hydrogen-bond acceptors (Lipinski definition) is 0. The molecule has 0 spiro atoms.